The lowest BCUT2D eigenvalue weighted by atomic mass is 9.85. The van der Waals surface area contributed by atoms with Crippen molar-refractivity contribution >= 4 is 22.5 Å². The second kappa shape index (κ2) is 7.67. The third-order valence-electron chi connectivity index (χ3n) is 5.65. The molecule has 0 spiro atoms. The molecule has 1 fully saturated rings. The summed E-state index contributed by atoms with van der Waals surface area (Å²) >= 11 is 0. The SMILES string of the molecule is Cn1cc(-c2cc3cc(NC(=O)[C@H]4CC[C@H](N(C)C)CC4)ncc3cn2)cn1. The molecule has 0 saturated heterocycles. The third kappa shape index (κ3) is 3.89. The maximum Gasteiger partial charge on any atom is 0.228 e. The molecule has 1 aliphatic rings. The Morgan fingerprint density at radius 1 is 1.07 bits per heavy atom. The van der Waals surface area contributed by atoms with E-state index in [4.69, 9.17) is 0 Å². The first-order valence-electron chi connectivity index (χ1n) is 9.72. The molecule has 7 heteroatoms. The van der Waals surface area contributed by atoms with Crippen LogP contribution in [0.1, 0.15) is 25.7 Å². The van der Waals surface area contributed by atoms with Gasteiger partial charge in [0.15, 0.2) is 0 Å². The number of rotatable bonds is 4. The largest absolute Gasteiger partial charge is 0.310 e. The van der Waals surface area contributed by atoms with Gasteiger partial charge in [-0.3, -0.25) is 14.5 Å². The quantitative estimate of drug-likeness (QED) is 0.755. The van der Waals surface area contributed by atoms with Gasteiger partial charge in [0.05, 0.1) is 11.9 Å². The van der Waals surface area contributed by atoms with Crippen molar-refractivity contribution < 1.29 is 4.79 Å². The van der Waals surface area contributed by atoms with Crippen LogP contribution in [-0.2, 0) is 11.8 Å². The van der Waals surface area contributed by atoms with E-state index in [2.05, 4.69) is 39.4 Å². The summed E-state index contributed by atoms with van der Waals surface area (Å²) in [4.78, 5) is 23.8. The zero-order valence-electron chi connectivity index (χ0n) is 16.6. The van der Waals surface area contributed by atoms with Crippen molar-refractivity contribution in [2.24, 2.45) is 13.0 Å². The average molecular weight is 378 g/mol. The lowest BCUT2D eigenvalue weighted by Crippen LogP contribution is -2.35. The number of aryl methyl sites for hydroxylation is 1. The summed E-state index contributed by atoms with van der Waals surface area (Å²) in [7, 11) is 6.10. The molecule has 1 saturated carbocycles. The van der Waals surface area contributed by atoms with Gasteiger partial charge in [0.2, 0.25) is 5.91 Å². The maximum atomic E-state index is 12.7. The van der Waals surface area contributed by atoms with E-state index in [9.17, 15) is 4.79 Å². The molecule has 1 aliphatic carbocycles. The topological polar surface area (TPSA) is 75.9 Å². The van der Waals surface area contributed by atoms with Crippen LogP contribution in [0, 0.1) is 5.92 Å². The van der Waals surface area contributed by atoms with E-state index >= 15 is 0 Å². The van der Waals surface area contributed by atoms with Gasteiger partial charge in [-0.15, -0.1) is 0 Å². The Morgan fingerprint density at radius 3 is 2.50 bits per heavy atom. The molecular weight excluding hydrogens is 352 g/mol. The van der Waals surface area contributed by atoms with Gasteiger partial charge in [0.25, 0.3) is 0 Å². The van der Waals surface area contributed by atoms with Crippen molar-refractivity contribution in [2.45, 2.75) is 31.7 Å². The van der Waals surface area contributed by atoms with E-state index in [1.165, 1.54) is 0 Å². The van der Waals surface area contributed by atoms with Crippen molar-refractivity contribution in [3.05, 3.63) is 36.9 Å². The third-order valence-corrected chi connectivity index (χ3v) is 5.65. The molecule has 7 nitrogen and oxygen atoms in total. The highest BCUT2D eigenvalue weighted by Crippen LogP contribution is 2.28. The Labute approximate surface area is 164 Å². The molecule has 0 aliphatic heterocycles. The summed E-state index contributed by atoms with van der Waals surface area (Å²) in [6.45, 7) is 0. The lowest BCUT2D eigenvalue weighted by Gasteiger charge is -2.31. The molecule has 3 aromatic heterocycles. The molecule has 1 N–H and O–H groups in total. The summed E-state index contributed by atoms with van der Waals surface area (Å²) in [5.41, 5.74) is 1.82. The standard InChI is InChI=1S/C21H26N6O/c1-26(2)18-6-4-14(5-7-18)21(28)25-20-9-15-8-19(17-12-24-27(3)13-17)22-10-16(15)11-23-20/h8-14,18H,4-7H2,1-3H3,(H,23,25,28)/t14-,18-. The van der Waals surface area contributed by atoms with Gasteiger partial charge in [0, 0.05) is 48.5 Å². The van der Waals surface area contributed by atoms with Crippen molar-refractivity contribution in [2.75, 3.05) is 19.4 Å². The van der Waals surface area contributed by atoms with Gasteiger partial charge in [-0.25, -0.2) is 4.98 Å². The summed E-state index contributed by atoms with van der Waals surface area (Å²) in [5, 5.41) is 9.15. The molecule has 4 rings (SSSR count). The predicted molar refractivity (Wildman–Crippen MR) is 110 cm³/mol. The predicted octanol–water partition coefficient (Wildman–Crippen LogP) is 3.09. The number of carbonyl (C=O) groups excluding carboxylic acids is 1. The van der Waals surface area contributed by atoms with Crippen LogP contribution in [0.4, 0.5) is 5.82 Å². The van der Waals surface area contributed by atoms with E-state index in [-0.39, 0.29) is 11.8 Å². The Balaban J connectivity index is 1.49. The molecule has 0 aromatic carbocycles. The molecule has 3 aromatic rings. The number of hydrogen-bond acceptors (Lipinski definition) is 5. The Morgan fingerprint density at radius 2 is 1.82 bits per heavy atom. The number of nitrogens with one attached hydrogen (secondary N) is 1. The van der Waals surface area contributed by atoms with Crippen molar-refractivity contribution in [1.82, 2.24) is 24.6 Å². The number of anilines is 1. The first-order chi connectivity index (χ1) is 13.5. The fraction of sp³-hybridized carbons (Fsp3) is 0.429. The number of fused-ring (bicyclic) bond motifs is 1. The van der Waals surface area contributed by atoms with Crippen LogP contribution in [0.3, 0.4) is 0 Å². The zero-order valence-corrected chi connectivity index (χ0v) is 16.6. The van der Waals surface area contributed by atoms with Gasteiger partial charge in [0.1, 0.15) is 5.82 Å². The van der Waals surface area contributed by atoms with Crippen LogP contribution in [0.15, 0.2) is 36.9 Å². The highest BCUT2D eigenvalue weighted by atomic mass is 16.1. The van der Waals surface area contributed by atoms with Crippen molar-refractivity contribution in [1.29, 1.82) is 0 Å². The van der Waals surface area contributed by atoms with Crippen molar-refractivity contribution in [3.63, 3.8) is 0 Å². The van der Waals surface area contributed by atoms with Gasteiger partial charge in [-0.2, -0.15) is 5.10 Å². The minimum absolute atomic E-state index is 0.0668. The Kier molecular flexibility index (Phi) is 5.09. The van der Waals surface area contributed by atoms with E-state index in [1.54, 1.807) is 23.3 Å². The molecule has 146 valence electrons. The molecule has 1 amide bonds. The van der Waals surface area contributed by atoms with Crippen LogP contribution >= 0.6 is 0 Å². The number of carbonyl (C=O) groups is 1. The van der Waals surface area contributed by atoms with Gasteiger partial charge < -0.3 is 10.2 Å². The van der Waals surface area contributed by atoms with E-state index in [1.807, 2.05) is 25.4 Å². The smallest absolute Gasteiger partial charge is 0.228 e. The van der Waals surface area contributed by atoms with Crippen LogP contribution in [0.2, 0.25) is 0 Å². The molecule has 3 heterocycles. The molecule has 28 heavy (non-hydrogen) atoms. The van der Waals surface area contributed by atoms with E-state index < -0.39 is 0 Å². The first kappa shape index (κ1) is 18.6. The zero-order chi connectivity index (χ0) is 19.7. The Hall–Kier alpha value is -2.80. The molecule has 0 atom stereocenters. The summed E-state index contributed by atoms with van der Waals surface area (Å²) in [6.07, 6.45) is 11.3. The number of pyridine rings is 2. The van der Waals surface area contributed by atoms with E-state index in [0.29, 0.717) is 11.9 Å². The average Bonchev–Trinajstić information content (AvgIpc) is 3.14. The molecule has 0 bridgehead atoms. The van der Waals surface area contributed by atoms with Crippen LogP contribution in [-0.4, -0.2) is 50.7 Å². The number of amides is 1. The summed E-state index contributed by atoms with van der Waals surface area (Å²) in [6, 6.07) is 4.51. The van der Waals surface area contributed by atoms with Crippen LogP contribution < -0.4 is 5.32 Å². The fourth-order valence-electron chi connectivity index (χ4n) is 3.90. The summed E-state index contributed by atoms with van der Waals surface area (Å²) in [5.74, 6) is 0.734. The lowest BCUT2D eigenvalue weighted by molar-refractivity contribution is -0.121. The summed E-state index contributed by atoms with van der Waals surface area (Å²) < 4.78 is 1.75. The normalized spacial score (nSPS) is 19.9. The number of aromatic nitrogens is 4. The number of hydrogen-bond donors (Lipinski definition) is 1. The first-order valence-corrected chi connectivity index (χ1v) is 9.72. The molecule has 0 radical (unpaired) electrons. The van der Waals surface area contributed by atoms with Crippen LogP contribution in [0.25, 0.3) is 22.0 Å². The minimum Gasteiger partial charge on any atom is -0.310 e. The second-order valence-electron chi connectivity index (χ2n) is 7.85. The van der Waals surface area contributed by atoms with E-state index in [0.717, 1.165) is 47.7 Å². The van der Waals surface area contributed by atoms with Gasteiger partial charge >= 0.3 is 0 Å². The number of nitrogens with zero attached hydrogens (tertiary/aromatic N) is 5. The second-order valence-corrected chi connectivity index (χ2v) is 7.85. The highest BCUT2D eigenvalue weighted by molar-refractivity contribution is 5.94. The van der Waals surface area contributed by atoms with Gasteiger partial charge in [-0.05, 0) is 57.3 Å². The fourth-order valence-corrected chi connectivity index (χ4v) is 3.90. The minimum atomic E-state index is 0.0668. The monoisotopic (exact) mass is 378 g/mol. The maximum absolute atomic E-state index is 12.7. The molecular formula is C21H26N6O. The Bertz CT molecular complexity index is 987. The van der Waals surface area contributed by atoms with Crippen LogP contribution in [0.5, 0.6) is 0 Å². The highest BCUT2D eigenvalue weighted by Gasteiger charge is 2.27. The van der Waals surface area contributed by atoms with Gasteiger partial charge in [-0.1, -0.05) is 0 Å². The molecule has 0 unspecified atom stereocenters. The van der Waals surface area contributed by atoms with Crippen molar-refractivity contribution in [3.8, 4) is 11.3 Å².